The summed E-state index contributed by atoms with van der Waals surface area (Å²) in [6.45, 7) is 0. The van der Waals surface area contributed by atoms with Gasteiger partial charge in [-0.2, -0.15) is 0 Å². The van der Waals surface area contributed by atoms with E-state index in [1.807, 2.05) is 0 Å². The number of anilines is 1. The Morgan fingerprint density at radius 2 is 2.20 bits per heavy atom. The molecule has 7 heteroatoms. The zero-order valence-electron chi connectivity index (χ0n) is 10.6. The van der Waals surface area contributed by atoms with Crippen LogP contribution in [0, 0.1) is 5.82 Å². The van der Waals surface area contributed by atoms with Crippen LogP contribution in [0.3, 0.4) is 0 Å². The molecule has 1 unspecified atom stereocenters. The molecule has 1 aromatic carbocycles. The average Bonchev–Trinajstić information content (AvgIpc) is 3.14. The predicted molar refractivity (Wildman–Crippen MR) is 78.6 cm³/mol. The topological polar surface area (TPSA) is 58.0 Å². The second-order valence-electron chi connectivity index (χ2n) is 4.64. The number of aliphatic hydroxyl groups is 1. The molecule has 1 heterocycles. The summed E-state index contributed by atoms with van der Waals surface area (Å²) < 4.78 is 14.3. The number of hydrogen-bond acceptors (Lipinski definition) is 6. The molecule has 1 aliphatic carbocycles. The maximum absolute atomic E-state index is 13.5. The minimum absolute atomic E-state index is 0.320. The largest absolute Gasteiger partial charge is 0.387 e. The fourth-order valence-electron chi connectivity index (χ4n) is 1.71. The van der Waals surface area contributed by atoms with E-state index in [9.17, 15) is 9.50 Å². The van der Waals surface area contributed by atoms with Gasteiger partial charge in [-0.3, -0.25) is 0 Å². The summed E-state index contributed by atoms with van der Waals surface area (Å²) in [6, 6.07) is 6.82. The number of nitrogens with one attached hydrogen (secondary N) is 1. The van der Waals surface area contributed by atoms with Crippen molar-refractivity contribution in [3.63, 3.8) is 0 Å². The van der Waals surface area contributed by atoms with Gasteiger partial charge < -0.3 is 10.4 Å². The van der Waals surface area contributed by atoms with Gasteiger partial charge in [0.1, 0.15) is 5.82 Å². The minimum atomic E-state index is -0.843. The summed E-state index contributed by atoms with van der Waals surface area (Å²) in [4.78, 5) is 0. The van der Waals surface area contributed by atoms with Gasteiger partial charge in [-0.1, -0.05) is 41.3 Å². The van der Waals surface area contributed by atoms with Crippen molar-refractivity contribution in [3.8, 4) is 0 Å². The lowest BCUT2D eigenvalue weighted by Crippen LogP contribution is -2.03. The van der Waals surface area contributed by atoms with Crippen LogP contribution in [0.4, 0.5) is 9.52 Å². The number of hydrogen-bond donors (Lipinski definition) is 2. The summed E-state index contributed by atoms with van der Waals surface area (Å²) in [6.07, 6.45) is 1.53. The van der Waals surface area contributed by atoms with Crippen molar-refractivity contribution in [1.82, 2.24) is 10.2 Å². The van der Waals surface area contributed by atoms with Crippen molar-refractivity contribution in [1.29, 1.82) is 0 Å². The highest BCUT2D eigenvalue weighted by atomic mass is 32.2. The number of aliphatic hydroxyl groups excluding tert-OH is 1. The van der Waals surface area contributed by atoms with E-state index in [1.54, 1.807) is 18.2 Å². The zero-order chi connectivity index (χ0) is 13.9. The molecule has 0 radical (unpaired) electrons. The molecule has 0 bridgehead atoms. The van der Waals surface area contributed by atoms with Crippen LogP contribution in [0.5, 0.6) is 0 Å². The van der Waals surface area contributed by atoms with E-state index in [4.69, 9.17) is 0 Å². The van der Waals surface area contributed by atoms with Crippen molar-refractivity contribution in [2.24, 2.45) is 0 Å². The van der Waals surface area contributed by atoms with Crippen LogP contribution in [-0.4, -0.2) is 27.1 Å². The number of nitrogens with zero attached hydrogens (tertiary/aromatic N) is 2. The number of benzene rings is 1. The monoisotopic (exact) mass is 311 g/mol. The molecule has 0 saturated heterocycles. The van der Waals surface area contributed by atoms with Crippen LogP contribution in [0.15, 0.2) is 28.6 Å². The standard InChI is InChI=1S/C13H14FN3OS2/c14-10-4-2-1-3-9(10)11(18)7-19-13-17-16-12(20-13)15-8-5-6-8/h1-4,8,11,18H,5-7H2,(H,15,16). The normalized spacial score (nSPS) is 16.1. The Morgan fingerprint density at radius 1 is 1.40 bits per heavy atom. The maximum atomic E-state index is 13.5. The highest BCUT2D eigenvalue weighted by molar-refractivity contribution is 8.01. The molecule has 1 aromatic heterocycles. The van der Waals surface area contributed by atoms with Gasteiger partial charge in [0, 0.05) is 17.4 Å². The van der Waals surface area contributed by atoms with Gasteiger partial charge in [0.25, 0.3) is 0 Å². The summed E-state index contributed by atoms with van der Waals surface area (Å²) >= 11 is 2.86. The minimum Gasteiger partial charge on any atom is -0.387 e. The Hall–Kier alpha value is -1.18. The van der Waals surface area contributed by atoms with Crippen LogP contribution in [0.2, 0.25) is 0 Å². The Bertz CT molecular complexity index is 589. The fraction of sp³-hybridized carbons (Fsp3) is 0.385. The lowest BCUT2D eigenvalue weighted by molar-refractivity contribution is 0.199. The number of halogens is 1. The Balaban J connectivity index is 1.55. The predicted octanol–water partition coefficient (Wildman–Crippen LogP) is 3.08. The molecule has 1 aliphatic rings. The molecule has 1 saturated carbocycles. The van der Waals surface area contributed by atoms with E-state index in [1.165, 1.54) is 42.0 Å². The molecule has 0 amide bonds. The summed E-state index contributed by atoms with van der Waals surface area (Å²) in [5.41, 5.74) is 0.320. The number of thioether (sulfide) groups is 1. The third-order valence-electron chi connectivity index (χ3n) is 2.94. The Labute approximate surface area is 124 Å². The van der Waals surface area contributed by atoms with Crippen LogP contribution in [0.25, 0.3) is 0 Å². The second kappa shape index (κ2) is 6.07. The van der Waals surface area contributed by atoms with Crippen molar-refractivity contribution in [2.45, 2.75) is 29.3 Å². The Morgan fingerprint density at radius 3 is 2.95 bits per heavy atom. The van der Waals surface area contributed by atoms with Gasteiger partial charge >= 0.3 is 0 Å². The van der Waals surface area contributed by atoms with Gasteiger partial charge in [-0.05, 0) is 18.9 Å². The van der Waals surface area contributed by atoms with Crippen molar-refractivity contribution < 1.29 is 9.50 Å². The van der Waals surface area contributed by atoms with Gasteiger partial charge in [-0.15, -0.1) is 10.2 Å². The van der Waals surface area contributed by atoms with Gasteiger partial charge in [0.15, 0.2) is 4.34 Å². The molecular weight excluding hydrogens is 297 g/mol. The van der Waals surface area contributed by atoms with E-state index in [0.29, 0.717) is 17.4 Å². The molecule has 106 valence electrons. The number of rotatable bonds is 6. The average molecular weight is 311 g/mol. The van der Waals surface area contributed by atoms with E-state index < -0.39 is 6.10 Å². The SMILES string of the molecule is OC(CSc1nnc(NC2CC2)s1)c1ccccc1F. The molecule has 0 spiro atoms. The maximum Gasteiger partial charge on any atom is 0.206 e. The van der Waals surface area contributed by atoms with Crippen molar-refractivity contribution in [2.75, 3.05) is 11.1 Å². The first-order valence-electron chi connectivity index (χ1n) is 6.37. The first kappa shape index (κ1) is 13.8. The van der Waals surface area contributed by atoms with Gasteiger partial charge in [-0.25, -0.2) is 4.39 Å². The Kier molecular flexibility index (Phi) is 4.18. The third-order valence-corrected chi connectivity index (χ3v) is 5.00. The molecule has 4 nitrogen and oxygen atoms in total. The summed E-state index contributed by atoms with van der Waals surface area (Å²) in [5.74, 6) is -0.0205. The molecule has 20 heavy (non-hydrogen) atoms. The van der Waals surface area contributed by atoms with Crippen LogP contribution in [-0.2, 0) is 0 Å². The molecule has 2 N–H and O–H groups in total. The van der Waals surface area contributed by atoms with Crippen molar-refractivity contribution >= 4 is 28.2 Å². The van der Waals surface area contributed by atoms with E-state index in [0.717, 1.165) is 9.47 Å². The molecule has 1 fully saturated rings. The molecular formula is C13H14FN3OS2. The first-order chi connectivity index (χ1) is 9.72. The third kappa shape index (κ3) is 3.47. The van der Waals surface area contributed by atoms with E-state index >= 15 is 0 Å². The summed E-state index contributed by atoms with van der Waals surface area (Å²) in [5, 5.41) is 22.2. The van der Waals surface area contributed by atoms with E-state index in [2.05, 4.69) is 15.5 Å². The van der Waals surface area contributed by atoms with Crippen LogP contribution >= 0.6 is 23.1 Å². The quantitative estimate of drug-likeness (QED) is 0.803. The fourth-order valence-corrected chi connectivity index (χ4v) is 3.52. The second-order valence-corrected chi connectivity index (χ2v) is 6.88. The summed E-state index contributed by atoms with van der Waals surface area (Å²) in [7, 11) is 0. The van der Waals surface area contributed by atoms with Crippen LogP contribution < -0.4 is 5.32 Å². The van der Waals surface area contributed by atoms with Gasteiger partial charge in [0.2, 0.25) is 5.13 Å². The van der Waals surface area contributed by atoms with Crippen LogP contribution in [0.1, 0.15) is 24.5 Å². The lowest BCUT2D eigenvalue weighted by Gasteiger charge is -2.09. The molecule has 0 aliphatic heterocycles. The molecule has 1 atom stereocenters. The molecule has 2 aromatic rings. The first-order valence-corrected chi connectivity index (χ1v) is 8.18. The van der Waals surface area contributed by atoms with Gasteiger partial charge in [0.05, 0.1) is 6.10 Å². The van der Waals surface area contributed by atoms with E-state index in [-0.39, 0.29) is 5.82 Å². The zero-order valence-corrected chi connectivity index (χ0v) is 12.3. The number of aromatic nitrogens is 2. The lowest BCUT2D eigenvalue weighted by atomic mass is 10.1. The smallest absolute Gasteiger partial charge is 0.206 e. The highest BCUT2D eigenvalue weighted by Crippen LogP contribution is 2.32. The molecule has 3 rings (SSSR count). The van der Waals surface area contributed by atoms with Crippen molar-refractivity contribution in [3.05, 3.63) is 35.6 Å². The highest BCUT2D eigenvalue weighted by Gasteiger charge is 2.22.